The number of carbonyl (C=O) groups excluding carboxylic acids is 2. The molecule has 26 heavy (non-hydrogen) atoms. The Labute approximate surface area is 163 Å². The van der Waals surface area contributed by atoms with Crippen molar-refractivity contribution in [3.8, 4) is 0 Å². The summed E-state index contributed by atoms with van der Waals surface area (Å²) in [5, 5.41) is 5.49. The van der Waals surface area contributed by atoms with Crippen molar-refractivity contribution in [1.82, 2.24) is 10.6 Å². The Kier molecular flexibility index (Phi) is 16.1. The summed E-state index contributed by atoms with van der Waals surface area (Å²) in [7, 11) is -1.51. The van der Waals surface area contributed by atoms with Crippen LogP contribution in [0.15, 0.2) is 0 Å². The maximum atomic E-state index is 11.6. The molecule has 0 aromatic heterocycles. The van der Waals surface area contributed by atoms with Gasteiger partial charge in [-0.05, 0) is 12.5 Å². The predicted molar refractivity (Wildman–Crippen MR) is 106 cm³/mol. The summed E-state index contributed by atoms with van der Waals surface area (Å²) in [5.74, 6) is 0.00496. The van der Waals surface area contributed by atoms with Gasteiger partial charge in [0.25, 0.3) is 0 Å². The van der Waals surface area contributed by atoms with Gasteiger partial charge in [0.05, 0.1) is 39.6 Å². The topological polar surface area (TPSA) is 85.9 Å². The Bertz CT molecular complexity index is 381. The third-order valence-corrected chi connectivity index (χ3v) is 5.47. The highest BCUT2D eigenvalue weighted by molar-refractivity contribution is 7.19. The van der Waals surface area contributed by atoms with Crippen molar-refractivity contribution in [1.29, 1.82) is 0 Å². The summed E-state index contributed by atoms with van der Waals surface area (Å²) in [6.07, 6.45) is 2.45. The van der Waals surface area contributed by atoms with Crippen LogP contribution >= 0.6 is 11.1 Å². The molecule has 0 fully saturated rings. The van der Waals surface area contributed by atoms with Crippen LogP contribution < -0.4 is 10.6 Å². The fourth-order valence-electron chi connectivity index (χ4n) is 2.02. The molecule has 0 saturated carbocycles. The number of carbonyl (C=O) groups is 2. The van der Waals surface area contributed by atoms with Crippen LogP contribution in [0.25, 0.3) is 0 Å². The van der Waals surface area contributed by atoms with Crippen LogP contribution in [0.4, 0.5) is 0 Å². The quantitative estimate of drug-likeness (QED) is 0.217. The van der Waals surface area contributed by atoms with Gasteiger partial charge >= 0.3 is 0 Å². The molecular formula is C17H35ClN2O5Si. The van der Waals surface area contributed by atoms with Crippen LogP contribution in [0.1, 0.15) is 26.2 Å². The Morgan fingerprint density at radius 2 is 1.35 bits per heavy atom. The summed E-state index contributed by atoms with van der Waals surface area (Å²) >= 11 is 6.24. The first-order chi connectivity index (χ1) is 12.3. The summed E-state index contributed by atoms with van der Waals surface area (Å²) in [4.78, 5) is 22.3. The highest BCUT2D eigenvalue weighted by atomic mass is 35.6. The molecule has 2 N–H and O–H groups in total. The van der Waals surface area contributed by atoms with E-state index in [0.717, 1.165) is 18.9 Å². The fourth-order valence-corrected chi connectivity index (χ4v) is 3.51. The molecule has 0 saturated heterocycles. The first-order valence-electron chi connectivity index (χ1n) is 9.24. The second-order valence-electron chi connectivity index (χ2n) is 6.60. The van der Waals surface area contributed by atoms with E-state index in [9.17, 15) is 9.59 Å². The van der Waals surface area contributed by atoms with Gasteiger partial charge in [-0.2, -0.15) is 11.1 Å². The number of amides is 2. The molecule has 0 atom stereocenters. The lowest BCUT2D eigenvalue weighted by Crippen LogP contribution is -2.27. The number of ether oxygens (including phenoxy) is 3. The lowest BCUT2D eigenvalue weighted by atomic mass is 10.2. The van der Waals surface area contributed by atoms with Crippen molar-refractivity contribution in [2.75, 3.05) is 52.7 Å². The van der Waals surface area contributed by atoms with Gasteiger partial charge in [0.15, 0.2) is 0 Å². The van der Waals surface area contributed by atoms with E-state index < -0.39 is 7.38 Å². The molecule has 0 aromatic carbocycles. The normalized spacial score (nSPS) is 11.4. The van der Waals surface area contributed by atoms with Gasteiger partial charge in [-0.25, -0.2) is 0 Å². The molecule has 0 aliphatic rings. The number of nitrogens with one attached hydrogen (secondary N) is 2. The average Bonchev–Trinajstić information content (AvgIpc) is 2.54. The van der Waals surface area contributed by atoms with Crippen molar-refractivity contribution >= 4 is 30.3 Å². The van der Waals surface area contributed by atoms with Crippen molar-refractivity contribution < 1.29 is 23.8 Å². The zero-order chi connectivity index (χ0) is 19.7. The van der Waals surface area contributed by atoms with Crippen molar-refractivity contribution in [2.24, 2.45) is 0 Å². The second kappa shape index (κ2) is 16.5. The van der Waals surface area contributed by atoms with Crippen LogP contribution in [0.5, 0.6) is 0 Å². The minimum absolute atomic E-state index is 0.0601. The molecule has 0 rings (SSSR count). The van der Waals surface area contributed by atoms with E-state index in [1.807, 2.05) is 0 Å². The van der Waals surface area contributed by atoms with E-state index >= 15 is 0 Å². The van der Waals surface area contributed by atoms with E-state index in [4.69, 9.17) is 25.3 Å². The molecule has 0 aromatic rings. The van der Waals surface area contributed by atoms with Gasteiger partial charge in [0.1, 0.15) is 7.38 Å². The Hall–Kier alpha value is -0.673. The third-order valence-electron chi connectivity index (χ3n) is 3.36. The molecule has 0 unspecified atom stereocenters. The highest BCUT2D eigenvalue weighted by Gasteiger charge is 2.15. The van der Waals surface area contributed by atoms with Crippen molar-refractivity contribution in [3.63, 3.8) is 0 Å². The number of halogens is 1. The standard InChI is InChI=1S/C17H35ClN2O5Si/c1-16(21)19-7-9-23-11-13-25-14-12-24-10-8-20-17(22)6-4-5-15-26(2,3)18/h4-15H2,1-3H3,(H,19,21)(H,20,22). The largest absolute Gasteiger partial charge is 0.377 e. The highest BCUT2D eigenvalue weighted by Crippen LogP contribution is 2.18. The van der Waals surface area contributed by atoms with Crippen LogP contribution in [0.3, 0.4) is 0 Å². The molecule has 0 spiro atoms. The smallest absolute Gasteiger partial charge is 0.220 e. The Morgan fingerprint density at radius 3 is 1.85 bits per heavy atom. The minimum atomic E-state index is -1.51. The molecule has 9 heteroatoms. The zero-order valence-corrected chi connectivity index (χ0v) is 18.2. The van der Waals surface area contributed by atoms with E-state index in [1.54, 1.807) is 0 Å². The number of hydrogen-bond acceptors (Lipinski definition) is 5. The van der Waals surface area contributed by atoms with Gasteiger partial charge in [0, 0.05) is 26.4 Å². The molecule has 0 aliphatic carbocycles. The Morgan fingerprint density at radius 1 is 0.846 bits per heavy atom. The van der Waals surface area contributed by atoms with Gasteiger partial charge in [-0.15, -0.1) is 0 Å². The monoisotopic (exact) mass is 410 g/mol. The molecule has 0 aliphatic heterocycles. The summed E-state index contributed by atoms with van der Waals surface area (Å²) in [6, 6.07) is 1.05. The molecular weight excluding hydrogens is 376 g/mol. The van der Waals surface area contributed by atoms with Gasteiger partial charge in [-0.1, -0.05) is 19.5 Å². The number of unbranched alkanes of at least 4 members (excludes halogenated alkanes) is 1. The SMILES string of the molecule is CC(=O)NCCOCCOCCOCCNC(=O)CCCC[Si](C)(C)Cl. The summed E-state index contributed by atoms with van der Waals surface area (Å²) in [5.41, 5.74) is 0. The Balaban J connectivity index is 3.21. The van der Waals surface area contributed by atoms with Gasteiger partial charge in [-0.3, -0.25) is 9.59 Å². The molecule has 0 radical (unpaired) electrons. The van der Waals surface area contributed by atoms with Crippen molar-refractivity contribution in [3.05, 3.63) is 0 Å². The maximum Gasteiger partial charge on any atom is 0.220 e. The molecule has 0 heterocycles. The van der Waals surface area contributed by atoms with Crippen LogP contribution in [0, 0.1) is 0 Å². The van der Waals surface area contributed by atoms with Crippen LogP contribution in [-0.2, 0) is 23.8 Å². The maximum absolute atomic E-state index is 11.6. The first kappa shape index (κ1) is 25.3. The van der Waals surface area contributed by atoms with Gasteiger partial charge < -0.3 is 24.8 Å². The lowest BCUT2D eigenvalue weighted by Gasteiger charge is -2.12. The van der Waals surface area contributed by atoms with E-state index in [2.05, 4.69) is 23.7 Å². The first-order valence-corrected chi connectivity index (χ1v) is 13.5. The zero-order valence-electron chi connectivity index (χ0n) is 16.4. The second-order valence-corrected chi connectivity index (χ2v) is 13.6. The van der Waals surface area contributed by atoms with E-state index in [0.29, 0.717) is 59.2 Å². The van der Waals surface area contributed by atoms with E-state index in [1.165, 1.54) is 6.92 Å². The minimum Gasteiger partial charge on any atom is -0.377 e. The molecule has 2 amide bonds. The average molecular weight is 411 g/mol. The lowest BCUT2D eigenvalue weighted by molar-refractivity contribution is -0.121. The van der Waals surface area contributed by atoms with E-state index in [-0.39, 0.29) is 11.8 Å². The fraction of sp³-hybridized carbons (Fsp3) is 0.882. The molecule has 7 nitrogen and oxygen atoms in total. The predicted octanol–water partition coefficient (Wildman–Crippen LogP) is 1.90. The third kappa shape index (κ3) is 21.4. The van der Waals surface area contributed by atoms with Gasteiger partial charge in [0.2, 0.25) is 11.8 Å². The summed E-state index contributed by atoms with van der Waals surface area (Å²) < 4.78 is 16.0. The molecule has 0 bridgehead atoms. The number of hydrogen-bond donors (Lipinski definition) is 2. The summed E-state index contributed by atoms with van der Waals surface area (Å²) in [6.45, 7) is 9.64. The van der Waals surface area contributed by atoms with Crippen molar-refractivity contribution in [2.45, 2.75) is 45.3 Å². The molecule has 154 valence electrons. The number of rotatable bonds is 17. The van der Waals surface area contributed by atoms with Crippen LogP contribution in [0.2, 0.25) is 19.1 Å². The van der Waals surface area contributed by atoms with Crippen LogP contribution in [-0.4, -0.2) is 71.9 Å².